The lowest BCUT2D eigenvalue weighted by atomic mass is 10.0. The van der Waals surface area contributed by atoms with Crippen LogP contribution in [0.15, 0.2) is 33.4 Å². The highest BCUT2D eigenvalue weighted by Gasteiger charge is 2.25. The summed E-state index contributed by atoms with van der Waals surface area (Å²) in [6.45, 7) is 2.72. The van der Waals surface area contributed by atoms with Crippen molar-refractivity contribution in [2.24, 2.45) is 0 Å². The number of rotatable bonds is 2. The molecule has 0 saturated heterocycles. The van der Waals surface area contributed by atoms with Crippen LogP contribution >= 0.6 is 27.5 Å². The van der Waals surface area contributed by atoms with Crippen molar-refractivity contribution in [3.05, 3.63) is 51.4 Å². The minimum Gasteiger partial charge on any atom is -0.493 e. The maximum atomic E-state index is 6.54. The van der Waals surface area contributed by atoms with E-state index in [9.17, 15) is 0 Å². The van der Waals surface area contributed by atoms with Gasteiger partial charge in [-0.05, 0) is 36.2 Å². The molecule has 1 atom stereocenters. The van der Waals surface area contributed by atoms with Gasteiger partial charge < -0.3 is 9.15 Å². The third-order valence-electron chi connectivity index (χ3n) is 3.18. The van der Waals surface area contributed by atoms with Crippen molar-refractivity contribution < 1.29 is 9.15 Å². The number of alkyl halides is 1. The standard InChI is InChI=1S/C14H12BrClO2/c1-8-2-4-17-13(8)12(16)11-7-10(15)6-9-3-5-18-14(9)11/h2,4,6-7,12H,3,5H2,1H3. The number of ether oxygens (including phenoxy) is 1. The Bertz CT molecular complexity index is 591. The molecule has 0 fully saturated rings. The fraction of sp³-hybridized carbons (Fsp3) is 0.286. The Morgan fingerprint density at radius 2 is 2.22 bits per heavy atom. The molecule has 0 bridgehead atoms. The van der Waals surface area contributed by atoms with Gasteiger partial charge in [0.25, 0.3) is 0 Å². The SMILES string of the molecule is Cc1ccoc1C(Cl)c1cc(Br)cc2c1OCC2. The van der Waals surface area contributed by atoms with E-state index in [0.717, 1.165) is 40.1 Å². The third kappa shape index (κ3) is 1.95. The molecule has 0 saturated carbocycles. The minimum atomic E-state index is -0.315. The molecule has 0 N–H and O–H groups in total. The van der Waals surface area contributed by atoms with Gasteiger partial charge in [0.2, 0.25) is 0 Å². The summed E-state index contributed by atoms with van der Waals surface area (Å²) in [6.07, 6.45) is 2.60. The first kappa shape index (κ1) is 12.1. The van der Waals surface area contributed by atoms with Gasteiger partial charge in [-0.15, -0.1) is 11.6 Å². The number of furan rings is 1. The summed E-state index contributed by atoms with van der Waals surface area (Å²) in [4.78, 5) is 0. The summed E-state index contributed by atoms with van der Waals surface area (Å²) in [5.41, 5.74) is 3.23. The van der Waals surface area contributed by atoms with Gasteiger partial charge in [-0.3, -0.25) is 0 Å². The molecule has 1 aromatic carbocycles. The predicted molar refractivity (Wildman–Crippen MR) is 74.5 cm³/mol. The highest BCUT2D eigenvalue weighted by atomic mass is 79.9. The van der Waals surface area contributed by atoms with Crippen LogP contribution in [0, 0.1) is 6.92 Å². The van der Waals surface area contributed by atoms with E-state index >= 15 is 0 Å². The molecule has 0 amide bonds. The summed E-state index contributed by atoms with van der Waals surface area (Å²) in [5, 5.41) is -0.315. The van der Waals surface area contributed by atoms with E-state index in [4.69, 9.17) is 20.8 Å². The minimum absolute atomic E-state index is 0.315. The zero-order valence-electron chi connectivity index (χ0n) is 9.87. The largest absolute Gasteiger partial charge is 0.493 e. The second-order valence-electron chi connectivity index (χ2n) is 4.41. The van der Waals surface area contributed by atoms with E-state index in [0.29, 0.717) is 0 Å². The van der Waals surface area contributed by atoms with E-state index in [1.54, 1.807) is 6.26 Å². The van der Waals surface area contributed by atoms with Crippen molar-refractivity contribution in [2.45, 2.75) is 18.7 Å². The first-order chi connectivity index (χ1) is 8.66. The maximum Gasteiger partial charge on any atom is 0.129 e. The Morgan fingerprint density at radius 3 is 2.94 bits per heavy atom. The third-order valence-corrected chi connectivity index (χ3v) is 4.07. The molecule has 1 aromatic heterocycles. The Balaban J connectivity index is 2.10. The monoisotopic (exact) mass is 326 g/mol. The van der Waals surface area contributed by atoms with Crippen LogP contribution in [0.5, 0.6) is 5.75 Å². The van der Waals surface area contributed by atoms with E-state index in [1.165, 1.54) is 5.56 Å². The lowest BCUT2D eigenvalue weighted by Crippen LogP contribution is -1.98. The summed E-state index contributed by atoms with van der Waals surface area (Å²) >= 11 is 10.1. The van der Waals surface area contributed by atoms with Crippen molar-refractivity contribution in [3.8, 4) is 5.75 Å². The number of aryl methyl sites for hydroxylation is 1. The normalized spacial score (nSPS) is 15.3. The van der Waals surface area contributed by atoms with Crippen molar-refractivity contribution >= 4 is 27.5 Å². The second kappa shape index (κ2) is 4.63. The average molecular weight is 328 g/mol. The average Bonchev–Trinajstić information content (AvgIpc) is 2.95. The fourth-order valence-corrected chi connectivity index (χ4v) is 3.18. The number of hydrogen-bond donors (Lipinski definition) is 0. The molecule has 1 aliphatic rings. The van der Waals surface area contributed by atoms with Crippen LogP contribution in [0.1, 0.15) is 27.8 Å². The molecule has 0 radical (unpaired) electrons. The Kier molecular flexibility index (Phi) is 3.12. The van der Waals surface area contributed by atoms with Crippen molar-refractivity contribution in [3.63, 3.8) is 0 Å². The summed E-state index contributed by atoms with van der Waals surface area (Å²) in [5.74, 6) is 1.70. The fourth-order valence-electron chi connectivity index (χ4n) is 2.27. The van der Waals surface area contributed by atoms with Crippen LogP contribution in [0.4, 0.5) is 0 Å². The zero-order chi connectivity index (χ0) is 12.7. The Morgan fingerprint density at radius 1 is 1.39 bits per heavy atom. The van der Waals surface area contributed by atoms with E-state index in [-0.39, 0.29) is 5.38 Å². The van der Waals surface area contributed by atoms with Gasteiger partial charge in [-0.2, -0.15) is 0 Å². The topological polar surface area (TPSA) is 22.4 Å². The Hall–Kier alpha value is -0.930. The number of hydrogen-bond acceptors (Lipinski definition) is 2. The van der Waals surface area contributed by atoms with Crippen LogP contribution in [0.3, 0.4) is 0 Å². The molecule has 94 valence electrons. The van der Waals surface area contributed by atoms with Crippen LogP contribution < -0.4 is 4.74 Å². The van der Waals surface area contributed by atoms with Crippen LogP contribution in [0.2, 0.25) is 0 Å². The predicted octanol–water partition coefficient (Wildman–Crippen LogP) is 4.61. The highest BCUT2D eigenvalue weighted by Crippen LogP contribution is 2.42. The van der Waals surface area contributed by atoms with Crippen LogP contribution in [-0.4, -0.2) is 6.61 Å². The molecule has 1 unspecified atom stereocenters. The maximum absolute atomic E-state index is 6.54. The smallest absolute Gasteiger partial charge is 0.129 e. The molecular formula is C14H12BrClO2. The van der Waals surface area contributed by atoms with Gasteiger partial charge in [-0.25, -0.2) is 0 Å². The first-order valence-electron chi connectivity index (χ1n) is 5.80. The van der Waals surface area contributed by atoms with Crippen LogP contribution in [-0.2, 0) is 6.42 Å². The number of benzene rings is 1. The molecule has 4 heteroatoms. The quantitative estimate of drug-likeness (QED) is 0.751. The van der Waals surface area contributed by atoms with Gasteiger partial charge in [0, 0.05) is 16.5 Å². The van der Waals surface area contributed by atoms with Crippen molar-refractivity contribution in [2.75, 3.05) is 6.61 Å². The Labute approximate surface area is 119 Å². The molecule has 2 heterocycles. The lowest BCUT2D eigenvalue weighted by molar-refractivity contribution is 0.352. The van der Waals surface area contributed by atoms with E-state index in [1.807, 2.05) is 19.1 Å². The van der Waals surface area contributed by atoms with Crippen molar-refractivity contribution in [1.29, 1.82) is 0 Å². The molecule has 0 spiro atoms. The van der Waals surface area contributed by atoms with E-state index < -0.39 is 0 Å². The highest BCUT2D eigenvalue weighted by molar-refractivity contribution is 9.10. The summed E-state index contributed by atoms with van der Waals surface area (Å²) in [7, 11) is 0. The zero-order valence-corrected chi connectivity index (χ0v) is 12.2. The number of halogens is 2. The van der Waals surface area contributed by atoms with Gasteiger partial charge >= 0.3 is 0 Å². The first-order valence-corrected chi connectivity index (χ1v) is 7.03. The molecular weight excluding hydrogens is 316 g/mol. The summed E-state index contributed by atoms with van der Waals surface area (Å²) < 4.78 is 12.2. The molecule has 2 aromatic rings. The van der Waals surface area contributed by atoms with Gasteiger partial charge in [-0.1, -0.05) is 15.9 Å². The lowest BCUT2D eigenvalue weighted by Gasteiger charge is -2.13. The molecule has 1 aliphatic heterocycles. The molecule has 2 nitrogen and oxygen atoms in total. The van der Waals surface area contributed by atoms with Crippen molar-refractivity contribution in [1.82, 2.24) is 0 Å². The molecule has 3 rings (SSSR count). The van der Waals surface area contributed by atoms with E-state index in [2.05, 4.69) is 22.0 Å². The van der Waals surface area contributed by atoms with Gasteiger partial charge in [0.1, 0.15) is 16.9 Å². The van der Waals surface area contributed by atoms with Gasteiger partial charge in [0.05, 0.1) is 12.9 Å². The second-order valence-corrected chi connectivity index (χ2v) is 5.76. The summed E-state index contributed by atoms with van der Waals surface area (Å²) in [6, 6.07) is 6.01. The van der Waals surface area contributed by atoms with Gasteiger partial charge in [0.15, 0.2) is 0 Å². The number of fused-ring (bicyclic) bond motifs is 1. The van der Waals surface area contributed by atoms with Crippen LogP contribution in [0.25, 0.3) is 0 Å². The molecule has 18 heavy (non-hydrogen) atoms. The molecule has 0 aliphatic carbocycles.